The first-order valence-electron chi connectivity index (χ1n) is 10.9. The number of carbonyl (C=O) groups is 4. The van der Waals surface area contributed by atoms with Crippen molar-refractivity contribution < 1.29 is 43.3 Å². The molecular weight excluding hydrogens is 483 g/mol. The lowest BCUT2D eigenvalue weighted by Crippen LogP contribution is -2.51. The number of Topliss-reactive ketones (excluding diaryl/α,β-unsaturated/α-hetero) is 1. The zero-order valence-electron chi connectivity index (χ0n) is 19.0. The molecule has 0 saturated heterocycles. The molecule has 0 fully saturated rings. The van der Waals surface area contributed by atoms with Gasteiger partial charge in [-0.05, 0) is 30.3 Å². The SMILES string of the molecule is O=C(O)C1=C(C(=O)c2ccccc2)C(OC(=O)c2ccccc2)C(F)(OC(=O)c2ccccc2)C(O)=C1. The number of carboxylic acids is 1. The molecule has 0 saturated carbocycles. The topological polar surface area (TPSA) is 127 Å². The quantitative estimate of drug-likeness (QED) is 0.358. The predicted molar refractivity (Wildman–Crippen MR) is 127 cm³/mol. The van der Waals surface area contributed by atoms with E-state index in [1.165, 1.54) is 72.8 Å². The smallest absolute Gasteiger partial charge is 0.349 e. The van der Waals surface area contributed by atoms with Gasteiger partial charge < -0.3 is 19.7 Å². The number of rotatable bonds is 7. The van der Waals surface area contributed by atoms with Gasteiger partial charge in [0, 0.05) is 5.56 Å². The fraction of sp³-hybridized carbons (Fsp3) is 0.0714. The van der Waals surface area contributed by atoms with Crippen molar-refractivity contribution >= 4 is 23.7 Å². The van der Waals surface area contributed by atoms with Gasteiger partial charge in [0.1, 0.15) is 0 Å². The van der Waals surface area contributed by atoms with Crippen molar-refractivity contribution in [2.75, 3.05) is 0 Å². The number of carbonyl (C=O) groups excluding carboxylic acids is 3. The molecule has 4 rings (SSSR count). The van der Waals surface area contributed by atoms with Crippen molar-refractivity contribution in [2.24, 2.45) is 0 Å². The van der Waals surface area contributed by atoms with Crippen LogP contribution in [0.4, 0.5) is 4.39 Å². The van der Waals surface area contributed by atoms with Gasteiger partial charge in [-0.3, -0.25) is 4.79 Å². The number of aliphatic carboxylic acids is 1. The van der Waals surface area contributed by atoms with Gasteiger partial charge in [0.25, 0.3) is 0 Å². The van der Waals surface area contributed by atoms with E-state index in [0.29, 0.717) is 6.08 Å². The molecule has 2 unspecified atom stereocenters. The summed E-state index contributed by atoms with van der Waals surface area (Å²) in [6.45, 7) is 0. The standard InChI is InChI=1S/C28H19FO8/c29-28(37-27(35)19-14-8-3-9-15-19)21(30)16-20(25(32)33)22(23(31)17-10-4-1-5-11-17)24(28)36-26(34)18-12-6-2-7-13-18/h1-16,24,30H,(H,32,33). The molecule has 1 aliphatic carbocycles. The highest BCUT2D eigenvalue weighted by atomic mass is 19.2. The molecule has 186 valence electrons. The molecule has 3 aromatic carbocycles. The fourth-order valence-corrected chi connectivity index (χ4v) is 3.70. The van der Waals surface area contributed by atoms with Gasteiger partial charge in [0.15, 0.2) is 11.5 Å². The third-order valence-corrected chi connectivity index (χ3v) is 5.52. The number of ketones is 1. The average Bonchev–Trinajstić information content (AvgIpc) is 2.92. The van der Waals surface area contributed by atoms with E-state index in [-0.39, 0.29) is 16.7 Å². The van der Waals surface area contributed by atoms with Gasteiger partial charge in [-0.15, -0.1) is 0 Å². The van der Waals surface area contributed by atoms with Crippen LogP contribution in [0.2, 0.25) is 0 Å². The Kier molecular flexibility index (Phi) is 6.97. The first-order chi connectivity index (χ1) is 17.7. The van der Waals surface area contributed by atoms with E-state index in [9.17, 15) is 29.4 Å². The van der Waals surface area contributed by atoms with Crippen LogP contribution in [-0.2, 0) is 14.3 Å². The van der Waals surface area contributed by atoms with Crippen molar-refractivity contribution in [1.29, 1.82) is 0 Å². The Bertz CT molecular complexity index is 1410. The molecule has 0 bridgehead atoms. The lowest BCUT2D eigenvalue weighted by Gasteiger charge is -2.36. The molecule has 0 aliphatic heterocycles. The molecule has 0 aromatic heterocycles. The molecule has 37 heavy (non-hydrogen) atoms. The fourth-order valence-electron chi connectivity index (χ4n) is 3.70. The molecule has 9 heteroatoms. The summed E-state index contributed by atoms with van der Waals surface area (Å²) in [6.07, 6.45) is -2.00. The zero-order chi connectivity index (χ0) is 26.6. The Morgan fingerprint density at radius 1 is 0.730 bits per heavy atom. The van der Waals surface area contributed by atoms with E-state index < -0.39 is 52.6 Å². The van der Waals surface area contributed by atoms with Crippen molar-refractivity contribution in [3.8, 4) is 0 Å². The molecule has 0 radical (unpaired) electrons. The van der Waals surface area contributed by atoms with Crippen LogP contribution in [0.25, 0.3) is 0 Å². The van der Waals surface area contributed by atoms with E-state index in [1.54, 1.807) is 18.2 Å². The maximum atomic E-state index is 16.6. The van der Waals surface area contributed by atoms with E-state index in [1.807, 2.05) is 0 Å². The highest BCUT2D eigenvalue weighted by Crippen LogP contribution is 2.41. The normalized spacial score (nSPS) is 18.9. The number of alkyl halides is 1. The first-order valence-corrected chi connectivity index (χ1v) is 10.9. The molecule has 8 nitrogen and oxygen atoms in total. The van der Waals surface area contributed by atoms with Crippen LogP contribution in [0.5, 0.6) is 0 Å². The summed E-state index contributed by atoms with van der Waals surface area (Å²) in [5, 5.41) is 20.4. The number of hydrogen-bond donors (Lipinski definition) is 2. The van der Waals surface area contributed by atoms with Crippen LogP contribution in [-0.4, -0.2) is 45.9 Å². The Labute approximate surface area is 209 Å². The lowest BCUT2D eigenvalue weighted by atomic mass is 9.84. The average molecular weight is 502 g/mol. The Morgan fingerprint density at radius 2 is 1.19 bits per heavy atom. The van der Waals surface area contributed by atoms with Crippen LogP contribution in [0, 0.1) is 0 Å². The summed E-state index contributed by atoms with van der Waals surface area (Å²) in [6, 6.07) is 21.8. The van der Waals surface area contributed by atoms with Crippen molar-refractivity contribution in [2.45, 2.75) is 12.0 Å². The van der Waals surface area contributed by atoms with E-state index in [4.69, 9.17) is 9.47 Å². The summed E-state index contributed by atoms with van der Waals surface area (Å²) in [5.41, 5.74) is -1.88. The number of esters is 2. The van der Waals surface area contributed by atoms with Crippen LogP contribution in [0.15, 0.2) is 114 Å². The highest BCUT2D eigenvalue weighted by molar-refractivity contribution is 6.15. The first kappa shape index (κ1) is 25.1. The third-order valence-electron chi connectivity index (χ3n) is 5.52. The second-order valence-corrected chi connectivity index (χ2v) is 7.91. The summed E-state index contributed by atoms with van der Waals surface area (Å²) < 4.78 is 26.9. The predicted octanol–water partition coefficient (Wildman–Crippen LogP) is 4.45. The molecule has 0 heterocycles. The van der Waals surface area contributed by atoms with Gasteiger partial charge in [-0.1, -0.05) is 66.7 Å². The Morgan fingerprint density at radius 3 is 1.68 bits per heavy atom. The summed E-state index contributed by atoms with van der Waals surface area (Å²) in [5.74, 6) is -10.1. The Hall–Kier alpha value is -5.05. The molecular formula is C28H19FO8. The zero-order valence-corrected chi connectivity index (χ0v) is 19.0. The van der Waals surface area contributed by atoms with Gasteiger partial charge in [-0.25, -0.2) is 14.4 Å². The Balaban J connectivity index is 1.86. The van der Waals surface area contributed by atoms with Crippen LogP contribution in [0.3, 0.4) is 0 Å². The van der Waals surface area contributed by atoms with E-state index in [0.717, 1.165) is 0 Å². The van der Waals surface area contributed by atoms with Crippen LogP contribution in [0.1, 0.15) is 31.1 Å². The largest absolute Gasteiger partial charge is 0.506 e. The summed E-state index contributed by atoms with van der Waals surface area (Å²) >= 11 is 0. The van der Waals surface area contributed by atoms with Crippen molar-refractivity contribution in [3.05, 3.63) is 131 Å². The van der Waals surface area contributed by atoms with Crippen LogP contribution < -0.4 is 0 Å². The minimum Gasteiger partial charge on any atom is -0.506 e. The number of aliphatic hydroxyl groups excluding tert-OH is 1. The minimum atomic E-state index is -3.63. The molecule has 3 aromatic rings. The number of carboxylic acid groups (broad SMARTS) is 1. The molecule has 2 N–H and O–H groups in total. The number of halogens is 1. The molecule has 2 atom stereocenters. The van der Waals surface area contributed by atoms with Crippen LogP contribution >= 0.6 is 0 Å². The van der Waals surface area contributed by atoms with Crippen molar-refractivity contribution in [1.82, 2.24) is 0 Å². The minimum absolute atomic E-state index is 0.0523. The summed E-state index contributed by atoms with van der Waals surface area (Å²) in [4.78, 5) is 51.2. The monoisotopic (exact) mass is 502 g/mol. The third kappa shape index (κ3) is 5.01. The summed E-state index contributed by atoms with van der Waals surface area (Å²) in [7, 11) is 0. The number of aliphatic hydroxyl groups is 1. The molecule has 0 spiro atoms. The molecule has 1 aliphatic rings. The second kappa shape index (κ2) is 10.3. The lowest BCUT2D eigenvalue weighted by molar-refractivity contribution is -0.158. The maximum Gasteiger partial charge on any atom is 0.349 e. The van der Waals surface area contributed by atoms with Gasteiger partial charge in [-0.2, -0.15) is 4.39 Å². The second-order valence-electron chi connectivity index (χ2n) is 7.91. The molecule has 0 amide bonds. The van der Waals surface area contributed by atoms with Gasteiger partial charge >= 0.3 is 23.8 Å². The van der Waals surface area contributed by atoms with Crippen molar-refractivity contribution in [3.63, 3.8) is 0 Å². The highest BCUT2D eigenvalue weighted by Gasteiger charge is 2.57. The number of benzene rings is 3. The van der Waals surface area contributed by atoms with E-state index >= 15 is 4.39 Å². The number of hydrogen-bond acceptors (Lipinski definition) is 7. The van der Waals surface area contributed by atoms with E-state index in [2.05, 4.69) is 0 Å². The van der Waals surface area contributed by atoms with Gasteiger partial charge in [0.05, 0.1) is 22.3 Å². The number of ether oxygens (including phenoxy) is 2. The van der Waals surface area contributed by atoms with Gasteiger partial charge in [0.2, 0.25) is 6.10 Å². The maximum absolute atomic E-state index is 16.6.